The SMILES string of the molecule is CCCCCCCCCCCCCCCCCCCCCC(=O)OCc1cc(C#N)cc2c1OC1(C=C2)N(CCCCCCCCCCCCCCCCCC)c2ccc(Cl)cc2C1(C)C. The molecule has 0 N–H and O–H groups in total. The summed E-state index contributed by atoms with van der Waals surface area (Å²) in [4.78, 5) is 15.5. The lowest BCUT2D eigenvalue weighted by atomic mass is 9.76. The average Bonchev–Trinajstić information content (AvgIpc) is 3.48. The zero-order chi connectivity index (χ0) is 47.1. The third-order valence-electron chi connectivity index (χ3n) is 14.9. The number of esters is 1. The largest absolute Gasteiger partial charge is 0.462 e. The highest BCUT2D eigenvalue weighted by molar-refractivity contribution is 6.30. The highest BCUT2D eigenvalue weighted by atomic mass is 35.5. The molecule has 2 aliphatic heterocycles. The molecule has 5 nitrogen and oxygen atoms in total. The summed E-state index contributed by atoms with van der Waals surface area (Å²) in [5, 5.41) is 10.7. The minimum atomic E-state index is -0.803. The highest BCUT2D eigenvalue weighted by Crippen LogP contribution is 2.56. The van der Waals surface area contributed by atoms with Crippen LogP contribution in [0, 0.1) is 11.3 Å². The van der Waals surface area contributed by atoms with Crippen LogP contribution >= 0.6 is 11.6 Å². The summed E-state index contributed by atoms with van der Waals surface area (Å²) in [7, 11) is 0. The van der Waals surface area contributed by atoms with Crippen molar-refractivity contribution in [3.8, 4) is 11.8 Å². The van der Waals surface area contributed by atoms with Crippen LogP contribution in [0.2, 0.25) is 5.02 Å². The summed E-state index contributed by atoms with van der Waals surface area (Å²) in [6, 6.07) is 12.3. The maximum Gasteiger partial charge on any atom is 0.306 e. The van der Waals surface area contributed by atoms with Crippen molar-refractivity contribution in [2.75, 3.05) is 11.4 Å². The van der Waals surface area contributed by atoms with E-state index >= 15 is 0 Å². The molecular formula is C60H95ClN2O3. The molecular weight excluding hydrogens is 832 g/mol. The number of carbonyl (C=O) groups excluding carboxylic acids is 1. The number of nitriles is 1. The molecule has 0 bridgehead atoms. The van der Waals surface area contributed by atoms with Gasteiger partial charge in [-0.15, -0.1) is 0 Å². The molecule has 0 fully saturated rings. The number of hydrogen-bond acceptors (Lipinski definition) is 5. The van der Waals surface area contributed by atoms with Gasteiger partial charge in [0, 0.05) is 34.8 Å². The number of anilines is 1. The molecule has 0 saturated heterocycles. The topological polar surface area (TPSA) is 62.6 Å². The predicted molar refractivity (Wildman–Crippen MR) is 283 cm³/mol. The summed E-state index contributed by atoms with van der Waals surface area (Å²) < 4.78 is 13.2. The highest BCUT2D eigenvalue weighted by Gasteiger charge is 2.59. The fraction of sp³-hybridized carbons (Fsp3) is 0.733. The van der Waals surface area contributed by atoms with Gasteiger partial charge in [0.1, 0.15) is 12.4 Å². The van der Waals surface area contributed by atoms with Gasteiger partial charge in [0.05, 0.1) is 17.0 Å². The van der Waals surface area contributed by atoms with E-state index in [1.54, 1.807) is 0 Å². The first-order chi connectivity index (χ1) is 32.3. The Morgan fingerprint density at radius 2 is 1.06 bits per heavy atom. The molecule has 6 heteroatoms. The zero-order valence-corrected chi connectivity index (χ0v) is 43.7. The van der Waals surface area contributed by atoms with Gasteiger partial charge >= 0.3 is 5.97 Å². The molecule has 0 aliphatic carbocycles. The van der Waals surface area contributed by atoms with E-state index in [1.807, 2.05) is 18.2 Å². The Morgan fingerprint density at radius 1 is 0.621 bits per heavy atom. The van der Waals surface area contributed by atoms with Crippen molar-refractivity contribution < 1.29 is 14.3 Å². The minimum absolute atomic E-state index is 0.0814. The van der Waals surface area contributed by atoms with Crippen molar-refractivity contribution in [1.82, 2.24) is 0 Å². The second-order valence-corrected chi connectivity index (χ2v) is 21.2. The maximum atomic E-state index is 13.1. The monoisotopic (exact) mass is 927 g/mol. The molecule has 0 amide bonds. The first kappa shape index (κ1) is 55.6. The molecule has 2 aromatic carbocycles. The lowest BCUT2D eigenvalue weighted by Gasteiger charge is -2.47. The van der Waals surface area contributed by atoms with Crippen LogP contribution in [0.5, 0.6) is 5.75 Å². The summed E-state index contributed by atoms with van der Waals surface area (Å²) in [5.41, 5.74) is 3.19. The molecule has 1 spiro atoms. The smallest absolute Gasteiger partial charge is 0.306 e. The van der Waals surface area contributed by atoms with E-state index in [0.717, 1.165) is 47.6 Å². The number of ether oxygens (including phenoxy) is 2. The van der Waals surface area contributed by atoms with Crippen LogP contribution in [-0.4, -0.2) is 18.2 Å². The van der Waals surface area contributed by atoms with Gasteiger partial charge in [-0.25, -0.2) is 0 Å². The summed E-state index contributed by atoms with van der Waals surface area (Å²) in [6.45, 7) is 10.0. The minimum Gasteiger partial charge on any atom is -0.462 e. The standard InChI is InChI=1S/C60H95ClN2O3/c1-5-7-9-11-13-15-17-19-21-23-24-25-26-28-30-32-34-36-38-40-57(64)65-50-53-47-51(49-62)46-52-43-44-60(66-58(52)53)59(3,4)55-48-54(61)41-42-56(55)63(60)45-39-37-35-33-31-29-27-22-20-18-16-14-12-10-8-6-2/h41-44,46-48H,5-40,45,50H2,1-4H3. The van der Waals surface area contributed by atoms with E-state index in [-0.39, 0.29) is 12.6 Å². The zero-order valence-electron chi connectivity index (χ0n) is 42.9. The van der Waals surface area contributed by atoms with E-state index in [1.165, 1.54) is 211 Å². The normalized spacial score (nSPS) is 15.8. The van der Waals surface area contributed by atoms with Gasteiger partial charge in [-0.2, -0.15) is 5.26 Å². The van der Waals surface area contributed by atoms with Gasteiger partial charge in [-0.3, -0.25) is 4.79 Å². The number of unbranched alkanes of at least 4 members (excludes halogenated alkanes) is 33. The number of nitrogens with zero attached hydrogens (tertiary/aromatic N) is 2. The molecule has 4 rings (SSSR count). The molecule has 370 valence electrons. The Morgan fingerprint density at radius 3 is 1.52 bits per heavy atom. The third kappa shape index (κ3) is 18.8. The van der Waals surface area contributed by atoms with Gasteiger partial charge in [0.15, 0.2) is 0 Å². The van der Waals surface area contributed by atoms with E-state index < -0.39 is 11.1 Å². The number of rotatable bonds is 39. The predicted octanol–water partition coefficient (Wildman–Crippen LogP) is 19.2. The molecule has 0 radical (unpaired) electrons. The van der Waals surface area contributed by atoms with Crippen molar-refractivity contribution in [2.24, 2.45) is 0 Å². The van der Waals surface area contributed by atoms with Crippen LogP contribution in [0.1, 0.15) is 281 Å². The van der Waals surface area contributed by atoms with E-state index in [2.05, 4.69) is 62.9 Å². The quantitative estimate of drug-likeness (QED) is 0.0494. The van der Waals surface area contributed by atoms with Crippen LogP contribution < -0.4 is 9.64 Å². The Kier molecular flexibility index (Phi) is 27.6. The van der Waals surface area contributed by atoms with Crippen molar-refractivity contribution in [2.45, 2.75) is 277 Å². The van der Waals surface area contributed by atoms with Gasteiger partial charge in [-0.05, 0) is 74.7 Å². The Balaban J connectivity index is 1.17. The molecule has 2 aromatic rings. The molecule has 0 saturated carbocycles. The molecule has 2 heterocycles. The number of benzene rings is 2. The lowest BCUT2D eigenvalue weighted by Crippen LogP contribution is -2.59. The second kappa shape index (κ2) is 32.7. The second-order valence-electron chi connectivity index (χ2n) is 20.8. The average molecular weight is 928 g/mol. The van der Waals surface area contributed by atoms with Gasteiger partial charge in [0.2, 0.25) is 5.72 Å². The van der Waals surface area contributed by atoms with Crippen molar-refractivity contribution >= 4 is 29.3 Å². The lowest BCUT2D eigenvalue weighted by molar-refractivity contribution is -0.145. The van der Waals surface area contributed by atoms with Crippen molar-refractivity contribution in [1.29, 1.82) is 5.26 Å². The van der Waals surface area contributed by atoms with Crippen LogP contribution in [0.15, 0.2) is 36.4 Å². The Hall–Kier alpha value is -2.97. The molecule has 2 aliphatic rings. The molecule has 1 atom stereocenters. The molecule has 1 unspecified atom stereocenters. The van der Waals surface area contributed by atoms with Gasteiger partial charge < -0.3 is 14.4 Å². The number of hydrogen-bond donors (Lipinski definition) is 0. The third-order valence-corrected chi connectivity index (χ3v) is 15.1. The Bertz CT molecular complexity index is 1710. The number of halogens is 1. The van der Waals surface area contributed by atoms with Crippen molar-refractivity contribution in [3.63, 3.8) is 0 Å². The van der Waals surface area contributed by atoms with Crippen molar-refractivity contribution in [3.05, 3.63) is 63.7 Å². The maximum absolute atomic E-state index is 13.1. The molecule has 66 heavy (non-hydrogen) atoms. The summed E-state index contributed by atoms with van der Waals surface area (Å²) >= 11 is 6.65. The number of carbonyl (C=O) groups is 1. The van der Waals surface area contributed by atoms with E-state index in [4.69, 9.17) is 21.1 Å². The van der Waals surface area contributed by atoms with Crippen LogP contribution in [0.25, 0.3) is 6.08 Å². The summed E-state index contributed by atoms with van der Waals surface area (Å²) in [6.07, 6.45) is 51.4. The summed E-state index contributed by atoms with van der Waals surface area (Å²) in [5.74, 6) is 0.504. The van der Waals surface area contributed by atoms with Crippen LogP contribution in [0.3, 0.4) is 0 Å². The molecule has 0 aromatic heterocycles. The van der Waals surface area contributed by atoms with Gasteiger partial charge in [0.25, 0.3) is 0 Å². The fourth-order valence-corrected chi connectivity index (χ4v) is 10.8. The fourth-order valence-electron chi connectivity index (χ4n) is 10.6. The van der Waals surface area contributed by atoms with E-state index in [9.17, 15) is 10.1 Å². The van der Waals surface area contributed by atoms with Gasteiger partial charge in [-0.1, -0.05) is 237 Å². The Labute approximate surface area is 410 Å². The first-order valence-corrected chi connectivity index (χ1v) is 28.3. The van der Waals surface area contributed by atoms with Crippen LogP contribution in [-0.2, 0) is 21.6 Å². The van der Waals surface area contributed by atoms with Crippen LogP contribution in [0.4, 0.5) is 5.69 Å². The van der Waals surface area contributed by atoms with E-state index in [0.29, 0.717) is 17.7 Å². The number of fused-ring (bicyclic) bond motifs is 2. The first-order valence-electron chi connectivity index (χ1n) is 28.0.